The van der Waals surface area contributed by atoms with Crippen LogP contribution >= 0.6 is 15.9 Å². The summed E-state index contributed by atoms with van der Waals surface area (Å²) in [5.74, 6) is 0.774. The molecule has 1 atom stereocenters. The Morgan fingerprint density at radius 3 is 2.33 bits per heavy atom. The molecule has 1 amide bonds. The zero-order valence-electron chi connectivity index (χ0n) is 12.3. The second-order valence-corrected chi connectivity index (χ2v) is 6.78. The fourth-order valence-corrected chi connectivity index (χ4v) is 3.14. The number of likely N-dealkylation sites (N-methyl/N-ethyl adjacent to an activating group) is 1. The number of fused-ring (bicyclic) bond motifs is 1. The van der Waals surface area contributed by atoms with Gasteiger partial charge in [-0.1, -0.05) is 28.1 Å². The molecule has 0 radical (unpaired) electrons. The van der Waals surface area contributed by atoms with Crippen LogP contribution in [0.2, 0.25) is 0 Å². The molecular weight excluding hydrogens is 330 g/mol. The fraction of sp³-hybridized carbons (Fsp3) is 0.235. The topological polar surface area (TPSA) is 26.3 Å². The molecule has 0 spiro atoms. The number of quaternary nitrogens is 1. The zero-order valence-corrected chi connectivity index (χ0v) is 13.8. The van der Waals surface area contributed by atoms with Crippen LogP contribution in [0.15, 0.2) is 53.0 Å². The third-order valence-electron chi connectivity index (χ3n) is 3.98. The van der Waals surface area contributed by atoms with Gasteiger partial charge in [0.1, 0.15) is 5.69 Å². The van der Waals surface area contributed by atoms with Crippen molar-refractivity contribution in [3.8, 4) is 5.75 Å². The van der Waals surface area contributed by atoms with Gasteiger partial charge in [0.05, 0.1) is 7.05 Å². The molecule has 1 unspecified atom stereocenters. The van der Waals surface area contributed by atoms with Gasteiger partial charge in [-0.15, -0.1) is 0 Å². The molecule has 0 N–H and O–H groups in total. The summed E-state index contributed by atoms with van der Waals surface area (Å²) in [5, 5.41) is 0. The lowest BCUT2D eigenvalue weighted by molar-refractivity contribution is -0.142. The molecule has 0 aliphatic carbocycles. The van der Waals surface area contributed by atoms with Gasteiger partial charge in [-0.05, 0) is 32.0 Å². The van der Waals surface area contributed by atoms with E-state index in [1.54, 1.807) is 0 Å². The van der Waals surface area contributed by atoms with Gasteiger partial charge in [-0.2, -0.15) is 4.48 Å². The summed E-state index contributed by atoms with van der Waals surface area (Å²) in [7, 11) is 1.93. The Kier molecular flexibility index (Phi) is 3.19. The lowest BCUT2D eigenvalue weighted by atomic mass is 10.00. The van der Waals surface area contributed by atoms with Crippen LogP contribution in [0.3, 0.4) is 0 Å². The van der Waals surface area contributed by atoms with E-state index in [0.717, 1.165) is 21.6 Å². The first kappa shape index (κ1) is 14.3. The molecule has 1 aliphatic rings. The molecule has 0 saturated carbocycles. The van der Waals surface area contributed by atoms with Gasteiger partial charge in [0.15, 0.2) is 11.4 Å². The highest BCUT2D eigenvalue weighted by Gasteiger charge is 2.53. The maximum absolute atomic E-state index is 13.1. The number of carbonyl (C=O) groups excluding carboxylic acids is 1. The van der Waals surface area contributed by atoms with E-state index in [9.17, 15) is 4.79 Å². The van der Waals surface area contributed by atoms with E-state index in [1.807, 2.05) is 69.4 Å². The Morgan fingerprint density at radius 2 is 1.67 bits per heavy atom. The molecule has 3 nitrogen and oxygen atoms in total. The van der Waals surface area contributed by atoms with Crippen LogP contribution < -0.4 is 9.22 Å². The van der Waals surface area contributed by atoms with Gasteiger partial charge in [0, 0.05) is 22.7 Å². The van der Waals surface area contributed by atoms with Crippen LogP contribution in [-0.4, -0.2) is 18.6 Å². The van der Waals surface area contributed by atoms with Crippen LogP contribution in [-0.2, 0) is 4.79 Å². The van der Waals surface area contributed by atoms with Crippen molar-refractivity contribution in [2.75, 3.05) is 7.05 Å². The first-order chi connectivity index (χ1) is 9.85. The van der Waals surface area contributed by atoms with Crippen LogP contribution in [0.25, 0.3) is 0 Å². The van der Waals surface area contributed by atoms with Gasteiger partial charge in [0.25, 0.3) is 0 Å². The smallest absolute Gasteiger partial charge is 0.366 e. The van der Waals surface area contributed by atoms with Crippen LogP contribution in [0, 0.1) is 0 Å². The molecule has 0 bridgehead atoms. The van der Waals surface area contributed by atoms with Crippen LogP contribution in [0.1, 0.15) is 13.8 Å². The number of ether oxygens (including phenoxy) is 1. The maximum Gasteiger partial charge on any atom is 0.366 e. The van der Waals surface area contributed by atoms with E-state index in [2.05, 4.69) is 15.9 Å². The molecule has 0 aromatic heterocycles. The number of carbonyl (C=O) groups is 1. The number of para-hydroxylation sites is 2. The first-order valence-electron chi connectivity index (χ1n) is 6.82. The monoisotopic (exact) mass is 346 g/mol. The van der Waals surface area contributed by atoms with Crippen molar-refractivity contribution in [3.63, 3.8) is 0 Å². The molecule has 2 aromatic rings. The molecule has 4 heteroatoms. The van der Waals surface area contributed by atoms with E-state index in [4.69, 9.17) is 4.74 Å². The average Bonchev–Trinajstić information content (AvgIpc) is 2.45. The van der Waals surface area contributed by atoms with Crippen molar-refractivity contribution in [3.05, 3.63) is 53.0 Å². The van der Waals surface area contributed by atoms with E-state index >= 15 is 0 Å². The third-order valence-corrected chi connectivity index (χ3v) is 4.51. The standard InChI is InChI=1S/C17H17BrNO2/c1-17(2)16(20)19(3,13-10-8-12(18)9-11-13)14-6-4-5-7-15(14)21-17/h4-11H,1-3H3/q+1. The van der Waals surface area contributed by atoms with Crippen molar-refractivity contribution in [1.82, 2.24) is 4.48 Å². The summed E-state index contributed by atoms with van der Waals surface area (Å²) in [6, 6.07) is 15.6. The Balaban J connectivity index is 2.28. The molecule has 108 valence electrons. The van der Waals surface area contributed by atoms with Crippen molar-refractivity contribution >= 4 is 33.2 Å². The van der Waals surface area contributed by atoms with Gasteiger partial charge in [-0.25, -0.2) is 4.79 Å². The molecule has 1 aliphatic heterocycles. The number of halogens is 1. The van der Waals surface area contributed by atoms with Gasteiger partial charge in [0.2, 0.25) is 5.60 Å². The van der Waals surface area contributed by atoms with Crippen molar-refractivity contribution in [2.45, 2.75) is 19.4 Å². The van der Waals surface area contributed by atoms with Crippen LogP contribution in [0.4, 0.5) is 11.4 Å². The third kappa shape index (κ3) is 2.10. The van der Waals surface area contributed by atoms with Gasteiger partial charge in [-0.3, -0.25) is 0 Å². The van der Waals surface area contributed by atoms with Gasteiger partial charge >= 0.3 is 5.91 Å². The molecular formula is C17H17BrNO2+. The number of nitrogens with zero attached hydrogens (tertiary/aromatic N) is 1. The Bertz CT molecular complexity index is 709. The number of hydrogen-bond acceptors (Lipinski definition) is 2. The van der Waals surface area contributed by atoms with Crippen molar-refractivity contribution in [2.24, 2.45) is 0 Å². The summed E-state index contributed by atoms with van der Waals surface area (Å²) >= 11 is 3.44. The number of hydrogen-bond donors (Lipinski definition) is 0. The highest BCUT2D eigenvalue weighted by atomic mass is 79.9. The normalized spacial score (nSPS) is 23.3. The molecule has 3 rings (SSSR count). The maximum atomic E-state index is 13.1. The number of amides is 1. The zero-order chi connectivity index (χ0) is 15.3. The van der Waals surface area contributed by atoms with E-state index < -0.39 is 5.60 Å². The SMILES string of the molecule is CC1(C)Oc2ccccc2[N+](C)(c2ccc(Br)cc2)C1=O. The quantitative estimate of drug-likeness (QED) is 0.714. The minimum atomic E-state index is -0.865. The lowest BCUT2D eigenvalue weighted by Crippen LogP contribution is -2.60. The van der Waals surface area contributed by atoms with Crippen molar-refractivity contribution in [1.29, 1.82) is 0 Å². The Labute approximate surface area is 132 Å². The Hall–Kier alpha value is -1.65. The summed E-state index contributed by atoms with van der Waals surface area (Å²) in [6.07, 6.45) is 0. The van der Waals surface area contributed by atoms with E-state index in [0.29, 0.717) is 0 Å². The van der Waals surface area contributed by atoms with E-state index in [-0.39, 0.29) is 10.4 Å². The highest BCUT2D eigenvalue weighted by molar-refractivity contribution is 9.10. The predicted molar refractivity (Wildman–Crippen MR) is 87.7 cm³/mol. The minimum absolute atomic E-state index is 0.0172. The summed E-state index contributed by atoms with van der Waals surface area (Å²) in [4.78, 5) is 13.1. The summed E-state index contributed by atoms with van der Waals surface area (Å²) < 4.78 is 7.00. The highest BCUT2D eigenvalue weighted by Crippen LogP contribution is 2.46. The number of benzene rings is 2. The summed E-state index contributed by atoms with van der Waals surface area (Å²) in [6.45, 7) is 3.64. The minimum Gasteiger partial charge on any atom is -0.467 e. The molecule has 2 aromatic carbocycles. The molecule has 1 heterocycles. The van der Waals surface area contributed by atoms with E-state index in [1.165, 1.54) is 0 Å². The average molecular weight is 347 g/mol. The molecule has 21 heavy (non-hydrogen) atoms. The first-order valence-corrected chi connectivity index (χ1v) is 7.61. The lowest BCUT2D eigenvalue weighted by Gasteiger charge is -2.41. The Morgan fingerprint density at radius 1 is 1.05 bits per heavy atom. The molecule has 0 fully saturated rings. The largest absolute Gasteiger partial charge is 0.467 e. The summed E-state index contributed by atoms with van der Waals surface area (Å²) in [5.41, 5.74) is 0.923. The second kappa shape index (κ2) is 4.68. The fourth-order valence-electron chi connectivity index (χ4n) is 2.87. The predicted octanol–water partition coefficient (Wildman–Crippen LogP) is 4.42. The molecule has 0 saturated heterocycles. The van der Waals surface area contributed by atoms with Crippen LogP contribution in [0.5, 0.6) is 5.75 Å². The second-order valence-electron chi connectivity index (χ2n) is 5.87. The number of rotatable bonds is 1. The van der Waals surface area contributed by atoms with Crippen molar-refractivity contribution < 1.29 is 9.53 Å². The van der Waals surface area contributed by atoms with Gasteiger partial charge < -0.3 is 4.74 Å².